The Balaban J connectivity index is 2.10. The third kappa shape index (κ3) is 3.72. The van der Waals surface area contributed by atoms with Crippen molar-refractivity contribution >= 4 is 27.5 Å². The first-order chi connectivity index (χ1) is 9.10. The molecular weight excluding hydrogens is 328 g/mol. The molecule has 2 aromatic carbocycles. The quantitative estimate of drug-likeness (QED) is 0.888. The highest BCUT2D eigenvalue weighted by Crippen LogP contribution is 2.24. The summed E-state index contributed by atoms with van der Waals surface area (Å²) in [6.07, 6.45) is 0. The lowest BCUT2D eigenvalue weighted by molar-refractivity contribution is 0.277. The predicted molar refractivity (Wildman–Crippen MR) is 80.6 cm³/mol. The molecular formula is C15H14BrClO2. The van der Waals surface area contributed by atoms with E-state index in [0.717, 1.165) is 21.2 Å². The van der Waals surface area contributed by atoms with Crippen LogP contribution in [0.1, 0.15) is 16.7 Å². The summed E-state index contributed by atoms with van der Waals surface area (Å²) in [5.74, 6) is 0.712. The average molecular weight is 342 g/mol. The van der Waals surface area contributed by atoms with Crippen LogP contribution in [0.2, 0.25) is 5.02 Å². The van der Waals surface area contributed by atoms with E-state index in [1.807, 2.05) is 43.3 Å². The zero-order valence-corrected chi connectivity index (χ0v) is 12.8. The summed E-state index contributed by atoms with van der Waals surface area (Å²) in [6, 6.07) is 11.4. The third-order valence-corrected chi connectivity index (χ3v) is 3.92. The fourth-order valence-electron chi connectivity index (χ4n) is 1.69. The lowest BCUT2D eigenvalue weighted by Crippen LogP contribution is -1.97. The van der Waals surface area contributed by atoms with Gasteiger partial charge < -0.3 is 9.84 Å². The zero-order chi connectivity index (χ0) is 13.8. The molecule has 1 N–H and O–H groups in total. The number of hydrogen-bond acceptors (Lipinski definition) is 2. The number of hydrogen-bond donors (Lipinski definition) is 1. The van der Waals surface area contributed by atoms with E-state index < -0.39 is 0 Å². The first-order valence-electron chi connectivity index (χ1n) is 5.87. The van der Waals surface area contributed by atoms with Crippen LogP contribution in [0.15, 0.2) is 40.9 Å². The molecule has 0 aliphatic heterocycles. The zero-order valence-electron chi connectivity index (χ0n) is 10.5. The third-order valence-electron chi connectivity index (χ3n) is 2.79. The monoisotopic (exact) mass is 340 g/mol. The average Bonchev–Trinajstić information content (AvgIpc) is 2.39. The van der Waals surface area contributed by atoms with Crippen molar-refractivity contribution in [3.05, 3.63) is 62.6 Å². The number of halogens is 2. The minimum absolute atomic E-state index is 0.0247. The van der Waals surface area contributed by atoms with Gasteiger partial charge in [-0.2, -0.15) is 0 Å². The Hall–Kier alpha value is -1.03. The van der Waals surface area contributed by atoms with Gasteiger partial charge >= 0.3 is 0 Å². The maximum absolute atomic E-state index is 9.20. The first kappa shape index (κ1) is 14.4. The molecule has 0 saturated heterocycles. The van der Waals surface area contributed by atoms with Gasteiger partial charge in [0.1, 0.15) is 12.4 Å². The van der Waals surface area contributed by atoms with E-state index in [1.54, 1.807) is 0 Å². The largest absolute Gasteiger partial charge is 0.489 e. The highest BCUT2D eigenvalue weighted by molar-refractivity contribution is 9.10. The van der Waals surface area contributed by atoms with Gasteiger partial charge in [0, 0.05) is 15.1 Å². The van der Waals surface area contributed by atoms with Crippen molar-refractivity contribution in [2.24, 2.45) is 0 Å². The van der Waals surface area contributed by atoms with Crippen LogP contribution < -0.4 is 4.74 Å². The second kappa shape index (κ2) is 6.42. The molecule has 0 fully saturated rings. The maximum Gasteiger partial charge on any atom is 0.120 e. The molecule has 0 aliphatic rings. The molecule has 0 saturated carbocycles. The molecule has 0 aliphatic carbocycles. The Bertz CT molecular complexity index is 584. The van der Waals surface area contributed by atoms with E-state index in [0.29, 0.717) is 17.4 Å². The molecule has 0 radical (unpaired) electrons. The molecule has 2 nitrogen and oxygen atoms in total. The van der Waals surface area contributed by atoms with Crippen LogP contribution in [-0.2, 0) is 13.2 Å². The molecule has 0 aromatic heterocycles. The first-order valence-corrected chi connectivity index (χ1v) is 7.04. The van der Waals surface area contributed by atoms with Gasteiger partial charge in [-0.15, -0.1) is 0 Å². The fraction of sp³-hybridized carbons (Fsp3) is 0.200. The molecule has 100 valence electrons. The highest BCUT2D eigenvalue weighted by atomic mass is 79.9. The van der Waals surface area contributed by atoms with Crippen LogP contribution >= 0.6 is 27.5 Å². The van der Waals surface area contributed by atoms with Gasteiger partial charge in [-0.3, -0.25) is 0 Å². The van der Waals surface area contributed by atoms with E-state index in [4.69, 9.17) is 16.3 Å². The van der Waals surface area contributed by atoms with E-state index in [-0.39, 0.29) is 6.61 Å². The van der Waals surface area contributed by atoms with Crippen LogP contribution in [0.4, 0.5) is 0 Å². The predicted octanol–water partition coefficient (Wildman–Crippen LogP) is 4.48. The van der Waals surface area contributed by atoms with Crippen molar-refractivity contribution in [2.45, 2.75) is 20.1 Å². The minimum atomic E-state index is -0.0247. The fourth-order valence-corrected chi connectivity index (χ4v) is 2.35. The topological polar surface area (TPSA) is 29.5 Å². The van der Waals surface area contributed by atoms with Crippen molar-refractivity contribution < 1.29 is 9.84 Å². The van der Waals surface area contributed by atoms with Crippen LogP contribution in [0.5, 0.6) is 5.75 Å². The van der Waals surface area contributed by atoms with Crippen molar-refractivity contribution in [1.29, 1.82) is 0 Å². The number of benzene rings is 2. The summed E-state index contributed by atoms with van der Waals surface area (Å²) in [5.41, 5.74) is 2.87. The van der Waals surface area contributed by atoms with Gasteiger partial charge in [0.2, 0.25) is 0 Å². The smallest absolute Gasteiger partial charge is 0.120 e. The van der Waals surface area contributed by atoms with Gasteiger partial charge in [-0.1, -0.05) is 39.7 Å². The van der Waals surface area contributed by atoms with Gasteiger partial charge in [0.15, 0.2) is 0 Å². The summed E-state index contributed by atoms with van der Waals surface area (Å²) >= 11 is 9.52. The standard InChI is InChI=1S/C15H14BrClO2/c1-10-2-3-11(15(17)6-10)9-19-13-4-5-14(16)12(7-13)8-18/h2-7,18H,8-9H2,1H3. The van der Waals surface area contributed by atoms with Gasteiger partial charge in [0.25, 0.3) is 0 Å². The Labute approximate surface area is 126 Å². The van der Waals surface area contributed by atoms with Crippen molar-refractivity contribution in [3.63, 3.8) is 0 Å². The Morgan fingerprint density at radius 2 is 1.95 bits per heavy atom. The number of aliphatic hydroxyl groups is 1. The number of aryl methyl sites for hydroxylation is 1. The van der Waals surface area contributed by atoms with E-state index in [1.165, 1.54) is 0 Å². The van der Waals surface area contributed by atoms with Gasteiger partial charge in [-0.25, -0.2) is 0 Å². The van der Waals surface area contributed by atoms with Gasteiger partial charge in [-0.05, 0) is 42.3 Å². The SMILES string of the molecule is Cc1ccc(COc2ccc(Br)c(CO)c2)c(Cl)c1. The minimum Gasteiger partial charge on any atom is -0.489 e. The Morgan fingerprint density at radius 3 is 2.63 bits per heavy atom. The number of rotatable bonds is 4. The molecule has 0 atom stereocenters. The molecule has 19 heavy (non-hydrogen) atoms. The van der Waals surface area contributed by atoms with Crippen molar-refractivity contribution in [1.82, 2.24) is 0 Å². The van der Waals surface area contributed by atoms with Crippen molar-refractivity contribution in [2.75, 3.05) is 0 Å². The maximum atomic E-state index is 9.20. The highest BCUT2D eigenvalue weighted by Gasteiger charge is 2.04. The Kier molecular flexibility index (Phi) is 4.86. The molecule has 0 amide bonds. The van der Waals surface area contributed by atoms with E-state index in [2.05, 4.69) is 15.9 Å². The van der Waals surface area contributed by atoms with Crippen molar-refractivity contribution in [3.8, 4) is 5.75 Å². The molecule has 0 heterocycles. The molecule has 2 aromatic rings. The van der Waals surface area contributed by atoms with Gasteiger partial charge in [0.05, 0.1) is 6.61 Å². The molecule has 0 spiro atoms. The van der Waals surface area contributed by atoms with Crippen LogP contribution in [0, 0.1) is 6.92 Å². The summed E-state index contributed by atoms with van der Waals surface area (Å²) in [5, 5.41) is 9.90. The summed E-state index contributed by atoms with van der Waals surface area (Å²) < 4.78 is 6.56. The summed E-state index contributed by atoms with van der Waals surface area (Å²) in [7, 11) is 0. The van der Waals surface area contributed by atoms with Crippen LogP contribution in [0.25, 0.3) is 0 Å². The van der Waals surface area contributed by atoms with E-state index in [9.17, 15) is 5.11 Å². The molecule has 4 heteroatoms. The van der Waals surface area contributed by atoms with Crippen LogP contribution in [-0.4, -0.2) is 5.11 Å². The molecule has 0 bridgehead atoms. The summed E-state index contributed by atoms with van der Waals surface area (Å²) in [4.78, 5) is 0. The Morgan fingerprint density at radius 1 is 1.16 bits per heavy atom. The second-order valence-corrected chi connectivity index (χ2v) is 5.56. The normalized spacial score (nSPS) is 10.5. The summed E-state index contributed by atoms with van der Waals surface area (Å²) in [6.45, 7) is 2.38. The molecule has 2 rings (SSSR count). The van der Waals surface area contributed by atoms with E-state index >= 15 is 0 Å². The van der Waals surface area contributed by atoms with Crippen LogP contribution in [0.3, 0.4) is 0 Å². The lowest BCUT2D eigenvalue weighted by atomic mass is 10.1. The number of ether oxygens (including phenoxy) is 1. The molecule has 0 unspecified atom stereocenters. The second-order valence-electron chi connectivity index (χ2n) is 4.29. The number of aliphatic hydroxyl groups excluding tert-OH is 1. The lowest BCUT2D eigenvalue weighted by Gasteiger charge is -2.10.